The number of para-hydroxylation sites is 3. The minimum absolute atomic E-state index is 0.132. The molecule has 0 spiro atoms. The van der Waals surface area contributed by atoms with Crippen LogP contribution < -0.4 is 10.2 Å². The Hall–Kier alpha value is -3.56. The van der Waals surface area contributed by atoms with Crippen LogP contribution in [0.15, 0.2) is 47.6 Å². The number of aromatic hydroxyl groups is 1. The summed E-state index contributed by atoms with van der Waals surface area (Å²) < 4.78 is 45.5. The van der Waals surface area contributed by atoms with E-state index >= 15 is 0 Å². The van der Waals surface area contributed by atoms with Crippen molar-refractivity contribution in [1.82, 2.24) is 15.0 Å². The SMILES string of the molecule is COc1cccc(/C=N/NC(=O)Cn2c(C(F)(F)F)nc3ccccc32)c1O. The van der Waals surface area contributed by atoms with Gasteiger partial charge >= 0.3 is 6.18 Å². The maximum atomic E-state index is 13.2. The predicted molar refractivity (Wildman–Crippen MR) is 95.1 cm³/mol. The van der Waals surface area contributed by atoms with Gasteiger partial charge in [0, 0.05) is 5.56 Å². The second-order valence-corrected chi connectivity index (χ2v) is 5.70. The number of hydrogen-bond donors (Lipinski definition) is 2. The van der Waals surface area contributed by atoms with Crippen LogP contribution in [0.25, 0.3) is 11.0 Å². The molecule has 1 heterocycles. The number of carbonyl (C=O) groups excluding carboxylic acids is 1. The number of amides is 1. The highest BCUT2D eigenvalue weighted by atomic mass is 19.4. The van der Waals surface area contributed by atoms with Crippen LogP contribution in [0.5, 0.6) is 11.5 Å². The summed E-state index contributed by atoms with van der Waals surface area (Å²) in [6.07, 6.45) is -3.55. The molecular weight excluding hydrogens is 377 g/mol. The molecule has 3 rings (SSSR count). The maximum Gasteiger partial charge on any atom is 0.449 e. The summed E-state index contributed by atoms with van der Waals surface area (Å²) >= 11 is 0. The van der Waals surface area contributed by atoms with Crippen molar-refractivity contribution in [2.75, 3.05) is 7.11 Å². The van der Waals surface area contributed by atoms with E-state index in [-0.39, 0.29) is 28.1 Å². The van der Waals surface area contributed by atoms with Crippen LogP contribution in [-0.4, -0.2) is 33.9 Å². The van der Waals surface area contributed by atoms with E-state index in [1.165, 1.54) is 31.4 Å². The molecule has 0 bridgehead atoms. The molecular formula is C18H15F3N4O3. The molecule has 0 atom stereocenters. The maximum absolute atomic E-state index is 13.2. The van der Waals surface area contributed by atoms with Crippen LogP contribution in [0.3, 0.4) is 0 Å². The number of rotatable bonds is 5. The number of ether oxygens (including phenoxy) is 1. The fraction of sp³-hybridized carbons (Fsp3) is 0.167. The number of aromatic nitrogens is 2. The van der Waals surface area contributed by atoms with Gasteiger partial charge in [-0.15, -0.1) is 0 Å². The molecule has 0 radical (unpaired) electrons. The smallest absolute Gasteiger partial charge is 0.449 e. The molecule has 0 unspecified atom stereocenters. The Morgan fingerprint density at radius 2 is 2.04 bits per heavy atom. The quantitative estimate of drug-likeness (QED) is 0.516. The minimum atomic E-state index is -4.71. The molecule has 2 N–H and O–H groups in total. The average Bonchev–Trinajstić information content (AvgIpc) is 3.02. The molecule has 0 aliphatic carbocycles. The lowest BCUT2D eigenvalue weighted by molar-refractivity contribution is -0.147. The molecule has 7 nitrogen and oxygen atoms in total. The Balaban J connectivity index is 1.79. The molecule has 0 aliphatic rings. The average molecular weight is 392 g/mol. The molecule has 28 heavy (non-hydrogen) atoms. The van der Waals surface area contributed by atoms with Gasteiger partial charge < -0.3 is 14.4 Å². The van der Waals surface area contributed by atoms with Crippen molar-refractivity contribution in [2.24, 2.45) is 5.10 Å². The highest BCUT2D eigenvalue weighted by Gasteiger charge is 2.37. The number of nitrogens with zero attached hydrogens (tertiary/aromatic N) is 3. The van der Waals surface area contributed by atoms with Crippen molar-refractivity contribution in [2.45, 2.75) is 12.7 Å². The molecule has 10 heteroatoms. The van der Waals surface area contributed by atoms with Crippen molar-refractivity contribution in [3.05, 3.63) is 53.9 Å². The molecule has 0 aliphatic heterocycles. The molecule has 1 aromatic heterocycles. The summed E-state index contributed by atoms with van der Waals surface area (Å²) in [7, 11) is 1.38. The fourth-order valence-corrected chi connectivity index (χ4v) is 2.61. The summed E-state index contributed by atoms with van der Waals surface area (Å²) in [6.45, 7) is -0.628. The third-order valence-corrected chi connectivity index (χ3v) is 3.85. The molecule has 0 saturated heterocycles. The minimum Gasteiger partial charge on any atom is -0.504 e. The second-order valence-electron chi connectivity index (χ2n) is 5.70. The van der Waals surface area contributed by atoms with Crippen molar-refractivity contribution in [3.63, 3.8) is 0 Å². The summed E-state index contributed by atoms with van der Waals surface area (Å²) in [5.74, 6) is -1.91. The summed E-state index contributed by atoms with van der Waals surface area (Å²) in [5.41, 5.74) is 2.72. The van der Waals surface area contributed by atoms with E-state index < -0.39 is 24.5 Å². The van der Waals surface area contributed by atoms with Gasteiger partial charge in [-0.2, -0.15) is 18.3 Å². The predicted octanol–water partition coefficient (Wildman–Crippen LogP) is 2.92. The summed E-state index contributed by atoms with van der Waals surface area (Å²) in [4.78, 5) is 15.7. The van der Waals surface area contributed by atoms with Crippen LogP contribution in [0, 0.1) is 0 Å². The molecule has 0 fully saturated rings. The van der Waals surface area contributed by atoms with Gasteiger partial charge in [-0.25, -0.2) is 10.4 Å². The number of phenols is 1. The van der Waals surface area contributed by atoms with E-state index in [2.05, 4.69) is 15.5 Å². The summed E-state index contributed by atoms with van der Waals surface area (Å²) in [6, 6.07) is 10.7. The zero-order chi connectivity index (χ0) is 20.3. The van der Waals surface area contributed by atoms with Crippen LogP contribution in [0.4, 0.5) is 13.2 Å². The van der Waals surface area contributed by atoms with Crippen molar-refractivity contribution >= 4 is 23.2 Å². The number of imidazole rings is 1. The van der Waals surface area contributed by atoms with Gasteiger partial charge in [-0.3, -0.25) is 4.79 Å². The monoisotopic (exact) mass is 392 g/mol. The molecule has 1 amide bonds. The normalized spacial score (nSPS) is 11.9. The van der Waals surface area contributed by atoms with E-state index in [0.29, 0.717) is 0 Å². The standard InChI is InChI=1S/C18H15F3N4O3/c1-28-14-8-4-5-11(16(14)27)9-22-24-15(26)10-25-13-7-3-2-6-12(13)23-17(25)18(19,20)21/h2-9,27H,10H2,1H3,(H,24,26)/b22-9+. The van der Waals surface area contributed by atoms with Gasteiger partial charge in [0.1, 0.15) is 6.54 Å². The Kier molecular flexibility index (Phi) is 5.21. The van der Waals surface area contributed by atoms with E-state index in [0.717, 1.165) is 10.8 Å². The lowest BCUT2D eigenvalue weighted by atomic mass is 10.2. The topological polar surface area (TPSA) is 88.7 Å². The zero-order valence-corrected chi connectivity index (χ0v) is 14.6. The van der Waals surface area contributed by atoms with Gasteiger partial charge in [-0.1, -0.05) is 18.2 Å². The fourth-order valence-electron chi connectivity index (χ4n) is 2.61. The van der Waals surface area contributed by atoms with E-state index in [1.807, 2.05) is 0 Å². The largest absolute Gasteiger partial charge is 0.504 e. The Morgan fingerprint density at radius 3 is 2.75 bits per heavy atom. The number of halogens is 3. The lowest BCUT2D eigenvalue weighted by Gasteiger charge is -2.10. The van der Waals surface area contributed by atoms with Crippen LogP contribution in [-0.2, 0) is 17.5 Å². The van der Waals surface area contributed by atoms with Gasteiger partial charge in [-0.05, 0) is 24.3 Å². The van der Waals surface area contributed by atoms with Crippen molar-refractivity contribution < 1.29 is 27.8 Å². The number of phenolic OH excluding ortho intramolecular Hbond substituents is 1. The van der Waals surface area contributed by atoms with Gasteiger partial charge in [0.2, 0.25) is 5.82 Å². The van der Waals surface area contributed by atoms with Gasteiger partial charge in [0.25, 0.3) is 5.91 Å². The number of methoxy groups -OCH3 is 1. The Bertz CT molecular complexity index is 1040. The van der Waals surface area contributed by atoms with E-state index in [9.17, 15) is 23.1 Å². The highest BCUT2D eigenvalue weighted by molar-refractivity contribution is 5.86. The second kappa shape index (κ2) is 7.59. The Labute approximate surface area is 157 Å². The van der Waals surface area contributed by atoms with E-state index in [4.69, 9.17) is 4.74 Å². The summed E-state index contributed by atoms with van der Waals surface area (Å²) in [5, 5.41) is 13.6. The first-order valence-electron chi connectivity index (χ1n) is 8.01. The number of fused-ring (bicyclic) bond motifs is 1. The molecule has 3 aromatic rings. The number of alkyl halides is 3. The number of nitrogens with one attached hydrogen (secondary N) is 1. The number of hydrogen-bond acceptors (Lipinski definition) is 5. The van der Waals surface area contributed by atoms with Crippen LogP contribution in [0.2, 0.25) is 0 Å². The first kappa shape index (κ1) is 19.2. The third kappa shape index (κ3) is 3.90. The molecule has 2 aromatic carbocycles. The first-order chi connectivity index (χ1) is 13.3. The van der Waals surface area contributed by atoms with Crippen LogP contribution >= 0.6 is 0 Å². The van der Waals surface area contributed by atoms with Gasteiger partial charge in [0.05, 0.1) is 24.4 Å². The molecule has 146 valence electrons. The number of hydrazone groups is 1. The van der Waals surface area contributed by atoms with Gasteiger partial charge in [0.15, 0.2) is 11.5 Å². The number of benzene rings is 2. The first-order valence-corrected chi connectivity index (χ1v) is 8.01. The number of carbonyl (C=O) groups is 1. The van der Waals surface area contributed by atoms with E-state index in [1.54, 1.807) is 18.2 Å². The zero-order valence-electron chi connectivity index (χ0n) is 14.6. The lowest BCUT2D eigenvalue weighted by Crippen LogP contribution is -2.26. The molecule has 0 saturated carbocycles. The van der Waals surface area contributed by atoms with Crippen molar-refractivity contribution in [3.8, 4) is 11.5 Å². The third-order valence-electron chi connectivity index (χ3n) is 3.85. The van der Waals surface area contributed by atoms with Crippen LogP contribution in [0.1, 0.15) is 11.4 Å². The van der Waals surface area contributed by atoms with Crippen molar-refractivity contribution in [1.29, 1.82) is 0 Å². The Morgan fingerprint density at radius 1 is 1.29 bits per heavy atom. The highest BCUT2D eigenvalue weighted by Crippen LogP contribution is 2.31.